The van der Waals surface area contributed by atoms with Gasteiger partial charge < -0.3 is 10.8 Å². The van der Waals surface area contributed by atoms with E-state index in [1.807, 2.05) is 0 Å². The largest absolute Gasteiger partial charge is 0.398 e. The number of sulfonamides is 1. The van der Waals surface area contributed by atoms with Gasteiger partial charge in [0, 0.05) is 17.3 Å². The van der Waals surface area contributed by atoms with Crippen LogP contribution in [0.1, 0.15) is 5.56 Å². The van der Waals surface area contributed by atoms with Crippen molar-refractivity contribution < 1.29 is 13.5 Å². The fraction of sp³-hybridized carbons (Fsp3) is 0.143. The van der Waals surface area contributed by atoms with E-state index in [2.05, 4.69) is 4.72 Å². The standard InChI is InChI=1S/C14H15ClN2O3S/c15-11-3-6-14(13(16)9-11)21(19,20)17-12-4-1-10(2-5-12)7-8-18/h1-6,9,17-18H,7-8,16H2. The van der Waals surface area contributed by atoms with Crippen molar-refractivity contribution in [3.63, 3.8) is 0 Å². The number of aliphatic hydroxyl groups excluding tert-OH is 1. The van der Waals surface area contributed by atoms with Gasteiger partial charge in [0.05, 0.1) is 5.69 Å². The number of hydrogen-bond donors (Lipinski definition) is 3. The Hall–Kier alpha value is -1.76. The highest BCUT2D eigenvalue weighted by Gasteiger charge is 2.17. The van der Waals surface area contributed by atoms with Gasteiger partial charge in [-0.1, -0.05) is 23.7 Å². The molecular weight excluding hydrogens is 312 g/mol. The first-order valence-electron chi connectivity index (χ1n) is 6.20. The number of nitrogens with one attached hydrogen (secondary N) is 1. The molecule has 0 aliphatic rings. The average molecular weight is 327 g/mol. The zero-order valence-electron chi connectivity index (χ0n) is 11.1. The molecule has 4 N–H and O–H groups in total. The zero-order chi connectivity index (χ0) is 15.5. The van der Waals surface area contributed by atoms with Gasteiger partial charge in [0.1, 0.15) is 4.90 Å². The lowest BCUT2D eigenvalue weighted by Gasteiger charge is -2.11. The molecule has 2 rings (SSSR count). The molecule has 0 saturated carbocycles. The molecule has 0 aliphatic heterocycles. The van der Waals surface area contributed by atoms with Crippen LogP contribution >= 0.6 is 11.6 Å². The Morgan fingerprint density at radius 3 is 2.38 bits per heavy atom. The van der Waals surface area contributed by atoms with Gasteiger partial charge in [-0.15, -0.1) is 0 Å². The molecule has 0 amide bonds. The Balaban J connectivity index is 2.24. The summed E-state index contributed by atoms with van der Waals surface area (Å²) in [5.74, 6) is 0. The summed E-state index contributed by atoms with van der Waals surface area (Å²) in [7, 11) is -3.77. The molecule has 5 nitrogen and oxygen atoms in total. The van der Waals surface area contributed by atoms with Crippen molar-refractivity contribution in [2.45, 2.75) is 11.3 Å². The Morgan fingerprint density at radius 2 is 1.81 bits per heavy atom. The minimum atomic E-state index is -3.77. The molecule has 0 fully saturated rings. The van der Waals surface area contributed by atoms with Gasteiger partial charge in [0.2, 0.25) is 0 Å². The van der Waals surface area contributed by atoms with Crippen molar-refractivity contribution in [2.75, 3.05) is 17.1 Å². The van der Waals surface area contributed by atoms with Crippen LogP contribution in [0.5, 0.6) is 0 Å². The summed E-state index contributed by atoms with van der Waals surface area (Å²) in [5, 5.41) is 9.22. The van der Waals surface area contributed by atoms with Gasteiger partial charge in [-0.05, 0) is 42.3 Å². The van der Waals surface area contributed by atoms with Crippen molar-refractivity contribution in [3.05, 3.63) is 53.1 Å². The van der Waals surface area contributed by atoms with Crippen LogP contribution in [-0.2, 0) is 16.4 Å². The van der Waals surface area contributed by atoms with Gasteiger partial charge in [-0.2, -0.15) is 0 Å². The summed E-state index contributed by atoms with van der Waals surface area (Å²) in [6.07, 6.45) is 0.525. The maximum absolute atomic E-state index is 12.3. The molecule has 0 atom stereocenters. The smallest absolute Gasteiger partial charge is 0.263 e. The van der Waals surface area contributed by atoms with Crippen LogP contribution in [-0.4, -0.2) is 20.1 Å². The first-order valence-corrected chi connectivity index (χ1v) is 8.06. The maximum Gasteiger partial charge on any atom is 0.263 e. The summed E-state index contributed by atoms with van der Waals surface area (Å²) in [6.45, 7) is 0.0480. The van der Waals surface area contributed by atoms with Crippen molar-refractivity contribution in [1.82, 2.24) is 0 Å². The molecule has 7 heteroatoms. The molecule has 0 unspecified atom stereocenters. The minimum Gasteiger partial charge on any atom is -0.398 e. The SMILES string of the molecule is Nc1cc(Cl)ccc1S(=O)(=O)Nc1ccc(CCO)cc1. The second kappa shape index (κ2) is 6.34. The number of benzene rings is 2. The summed E-state index contributed by atoms with van der Waals surface area (Å²) < 4.78 is 27.0. The van der Waals surface area contributed by atoms with Crippen LogP contribution in [0.25, 0.3) is 0 Å². The quantitative estimate of drug-likeness (QED) is 0.735. The Morgan fingerprint density at radius 1 is 1.14 bits per heavy atom. The number of aliphatic hydroxyl groups is 1. The lowest BCUT2D eigenvalue weighted by atomic mass is 10.1. The molecular formula is C14H15ClN2O3S. The lowest BCUT2D eigenvalue weighted by Crippen LogP contribution is -2.14. The Labute approximate surface area is 128 Å². The van der Waals surface area contributed by atoms with E-state index in [9.17, 15) is 8.42 Å². The van der Waals surface area contributed by atoms with Crippen LogP contribution in [0, 0.1) is 0 Å². The lowest BCUT2D eigenvalue weighted by molar-refractivity contribution is 0.299. The van der Waals surface area contributed by atoms with Crippen LogP contribution in [0.3, 0.4) is 0 Å². The van der Waals surface area contributed by atoms with Gasteiger partial charge >= 0.3 is 0 Å². The Kier molecular flexibility index (Phi) is 4.72. The molecule has 21 heavy (non-hydrogen) atoms. The van der Waals surface area contributed by atoms with Crippen molar-refractivity contribution in [2.24, 2.45) is 0 Å². The number of nitrogens with two attached hydrogens (primary N) is 1. The first kappa shape index (κ1) is 15.6. The van der Waals surface area contributed by atoms with Crippen molar-refractivity contribution in [3.8, 4) is 0 Å². The van der Waals surface area contributed by atoms with Gasteiger partial charge in [-0.25, -0.2) is 8.42 Å². The summed E-state index contributed by atoms with van der Waals surface area (Å²) in [6, 6.07) is 11.0. The molecule has 0 heterocycles. The third kappa shape index (κ3) is 3.87. The molecule has 0 saturated heterocycles. The summed E-state index contributed by atoms with van der Waals surface area (Å²) >= 11 is 5.76. The zero-order valence-corrected chi connectivity index (χ0v) is 12.7. The van der Waals surface area contributed by atoms with E-state index in [0.717, 1.165) is 5.56 Å². The van der Waals surface area contributed by atoms with Gasteiger partial charge in [0.15, 0.2) is 0 Å². The molecule has 2 aromatic carbocycles. The molecule has 0 spiro atoms. The maximum atomic E-state index is 12.3. The molecule has 2 aromatic rings. The van der Waals surface area contributed by atoms with E-state index in [-0.39, 0.29) is 17.2 Å². The van der Waals surface area contributed by atoms with Crippen LogP contribution in [0.15, 0.2) is 47.4 Å². The highest BCUT2D eigenvalue weighted by atomic mass is 35.5. The van der Waals surface area contributed by atoms with E-state index in [0.29, 0.717) is 17.1 Å². The average Bonchev–Trinajstić information content (AvgIpc) is 2.40. The van der Waals surface area contributed by atoms with Gasteiger partial charge in [-0.3, -0.25) is 4.72 Å². The van der Waals surface area contributed by atoms with Crippen molar-refractivity contribution >= 4 is 33.0 Å². The number of hydrogen-bond acceptors (Lipinski definition) is 4. The number of rotatable bonds is 5. The fourth-order valence-electron chi connectivity index (χ4n) is 1.84. The van der Waals surface area contributed by atoms with Gasteiger partial charge in [0.25, 0.3) is 10.0 Å². The number of halogens is 1. The third-order valence-electron chi connectivity index (χ3n) is 2.87. The second-order valence-corrected chi connectivity index (χ2v) is 6.55. The van der Waals surface area contributed by atoms with E-state index < -0.39 is 10.0 Å². The first-order chi connectivity index (χ1) is 9.92. The third-order valence-corrected chi connectivity index (χ3v) is 4.56. The van der Waals surface area contributed by atoms with E-state index >= 15 is 0 Å². The Bertz CT molecular complexity index is 730. The monoisotopic (exact) mass is 326 g/mol. The molecule has 0 radical (unpaired) electrons. The summed E-state index contributed by atoms with van der Waals surface area (Å²) in [5.41, 5.74) is 7.13. The normalized spacial score (nSPS) is 11.3. The van der Waals surface area contributed by atoms with Crippen molar-refractivity contribution in [1.29, 1.82) is 0 Å². The molecule has 112 valence electrons. The highest BCUT2D eigenvalue weighted by molar-refractivity contribution is 7.92. The number of anilines is 2. The molecule has 0 aliphatic carbocycles. The molecule has 0 bridgehead atoms. The van der Waals surface area contributed by atoms with Crippen LogP contribution in [0.2, 0.25) is 5.02 Å². The summed E-state index contributed by atoms with van der Waals surface area (Å²) in [4.78, 5) is -0.0219. The van der Waals surface area contributed by atoms with Crippen LogP contribution in [0.4, 0.5) is 11.4 Å². The van der Waals surface area contributed by atoms with E-state index in [1.165, 1.54) is 18.2 Å². The fourth-order valence-corrected chi connectivity index (χ4v) is 3.20. The highest BCUT2D eigenvalue weighted by Crippen LogP contribution is 2.24. The topological polar surface area (TPSA) is 92.4 Å². The van der Waals surface area contributed by atoms with Crippen LogP contribution < -0.4 is 10.5 Å². The second-order valence-electron chi connectivity index (χ2n) is 4.46. The van der Waals surface area contributed by atoms with E-state index in [1.54, 1.807) is 24.3 Å². The van der Waals surface area contributed by atoms with E-state index in [4.69, 9.17) is 22.4 Å². The number of nitrogen functional groups attached to an aromatic ring is 1. The molecule has 0 aromatic heterocycles. The minimum absolute atomic E-state index is 0.0219. The predicted molar refractivity (Wildman–Crippen MR) is 83.9 cm³/mol. The predicted octanol–water partition coefficient (Wildman–Crippen LogP) is 2.26.